The number of hydrogen-bond acceptors (Lipinski definition) is 1. The zero-order valence-electron chi connectivity index (χ0n) is 11.7. The van der Waals surface area contributed by atoms with E-state index in [1.54, 1.807) is 6.07 Å². The van der Waals surface area contributed by atoms with Crippen LogP contribution in [0.4, 0.5) is 4.39 Å². The standard InChI is InChI=1S/C17H20FN/c1-11(2)13-5-7-14(8-6-13)17(19)15-10-12(3)4-9-16(15)18/h4-11,17H,19H2,1-3H3. The van der Waals surface area contributed by atoms with Crippen LogP contribution in [0.25, 0.3) is 0 Å². The average Bonchev–Trinajstić information content (AvgIpc) is 2.41. The highest BCUT2D eigenvalue weighted by Crippen LogP contribution is 2.24. The molecule has 2 aromatic carbocycles. The van der Waals surface area contributed by atoms with Crippen molar-refractivity contribution in [3.63, 3.8) is 0 Å². The van der Waals surface area contributed by atoms with Crippen LogP contribution in [0.5, 0.6) is 0 Å². The maximum absolute atomic E-state index is 13.8. The molecule has 0 fully saturated rings. The maximum Gasteiger partial charge on any atom is 0.128 e. The Morgan fingerprint density at radius 3 is 2.11 bits per heavy atom. The first-order chi connectivity index (χ1) is 8.99. The van der Waals surface area contributed by atoms with Crippen LogP contribution in [0.1, 0.15) is 48.1 Å². The summed E-state index contributed by atoms with van der Waals surface area (Å²) in [6.45, 7) is 6.24. The molecule has 0 amide bonds. The molecular weight excluding hydrogens is 237 g/mol. The molecule has 0 radical (unpaired) electrons. The molecule has 1 nitrogen and oxygen atoms in total. The van der Waals surface area contributed by atoms with Gasteiger partial charge in [0.2, 0.25) is 0 Å². The molecule has 2 rings (SSSR count). The number of nitrogens with two attached hydrogens (primary N) is 1. The van der Waals surface area contributed by atoms with Gasteiger partial charge in [-0.1, -0.05) is 55.8 Å². The molecule has 0 aliphatic heterocycles. The van der Waals surface area contributed by atoms with E-state index >= 15 is 0 Å². The number of halogens is 1. The zero-order chi connectivity index (χ0) is 14.0. The molecule has 100 valence electrons. The Hall–Kier alpha value is -1.67. The summed E-state index contributed by atoms with van der Waals surface area (Å²) in [4.78, 5) is 0. The molecule has 0 spiro atoms. The molecule has 2 aromatic rings. The first-order valence-corrected chi connectivity index (χ1v) is 6.60. The van der Waals surface area contributed by atoms with Gasteiger partial charge in [-0.05, 0) is 30.0 Å². The maximum atomic E-state index is 13.8. The second kappa shape index (κ2) is 5.54. The molecule has 0 heterocycles. The molecule has 0 aromatic heterocycles. The van der Waals surface area contributed by atoms with Crippen LogP contribution < -0.4 is 5.73 Å². The molecule has 1 unspecified atom stereocenters. The third-order valence-corrected chi connectivity index (χ3v) is 3.45. The van der Waals surface area contributed by atoms with E-state index in [0.29, 0.717) is 11.5 Å². The first kappa shape index (κ1) is 13.8. The van der Waals surface area contributed by atoms with Gasteiger partial charge in [0.15, 0.2) is 0 Å². The highest BCUT2D eigenvalue weighted by Gasteiger charge is 2.14. The van der Waals surface area contributed by atoms with Gasteiger partial charge in [-0.15, -0.1) is 0 Å². The van der Waals surface area contributed by atoms with Crippen molar-refractivity contribution in [1.82, 2.24) is 0 Å². The Morgan fingerprint density at radius 1 is 0.947 bits per heavy atom. The van der Waals surface area contributed by atoms with E-state index in [1.807, 2.05) is 25.1 Å². The van der Waals surface area contributed by atoms with Gasteiger partial charge in [-0.3, -0.25) is 0 Å². The second-order valence-electron chi connectivity index (χ2n) is 5.32. The Bertz CT molecular complexity index is 558. The van der Waals surface area contributed by atoms with E-state index in [1.165, 1.54) is 11.6 Å². The molecule has 0 aliphatic carbocycles. The van der Waals surface area contributed by atoms with Crippen LogP contribution in [0.15, 0.2) is 42.5 Å². The Balaban J connectivity index is 2.33. The lowest BCUT2D eigenvalue weighted by atomic mass is 9.95. The van der Waals surface area contributed by atoms with Gasteiger partial charge in [0, 0.05) is 5.56 Å². The van der Waals surface area contributed by atoms with Crippen molar-refractivity contribution in [2.75, 3.05) is 0 Å². The monoisotopic (exact) mass is 257 g/mol. The van der Waals surface area contributed by atoms with Crippen LogP contribution in [-0.4, -0.2) is 0 Å². The Kier molecular flexibility index (Phi) is 4.01. The predicted molar refractivity (Wildman–Crippen MR) is 77.7 cm³/mol. The minimum Gasteiger partial charge on any atom is -0.320 e. The number of rotatable bonds is 3. The predicted octanol–water partition coefficient (Wildman–Crippen LogP) is 4.31. The molecule has 0 saturated carbocycles. The lowest BCUT2D eigenvalue weighted by molar-refractivity contribution is 0.599. The van der Waals surface area contributed by atoms with Crippen molar-refractivity contribution in [2.24, 2.45) is 5.73 Å². The van der Waals surface area contributed by atoms with Crippen LogP contribution in [-0.2, 0) is 0 Å². The third kappa shape index (κ3) is 3.02. The van der Waals surface area contributed by atoms with Crippen molar-refractivity contribution in [3.05, 3.63) is 70.5 Å². The second-order valence-corrected chi connectivity index (χ2v) is 5.32. The molecule has 0 aliphatic rings. The van der Waals surface area contributed by atoms with Crippen LogP contribution in [0.3, 0.4) is 0 Å². The lowest BCUT2D eigenvalue weighted by Crippen LogP contribution is -2.14. The van der Waals surface area contributed by atoms with Gasteiger partial charge >= 0.3 is 0 Å². The third-order valence-electron chi connectivity index (χ3n) is 3.45. The van der Waals surface area contributed by atoms with Gasteiger partial charge in [0.25, 0.3) is 0 Å². The van der Waals surface area contributed by atoms with Crippen LogP contribution in [0, 0.1) is 12.7 Å². The Labute approximate surface area is 114 Å². The normalized spacial score (nSPS) is 12.7. The lowest BCUT2D eigenvalue weighted by Gasteiger charge is -2.15. The quantitative estimate of drug-likeness (QED) is 0.871. The number of benzene rings is 2. The van der Waals surface area contributed by atoms with E-state index in [0.717, 1.165) is 11.1 Å². The van der Waals surface area contributed by atoms with E-state index < -0.39 is 6.04 Å². The molecule has 19 heavy (non-hydrogen) atoms. The summed E-state index contributed by atoms with van der Waals surface area (Å²) in [7, 11) is 0. The summed E-state index contributed by atoms with van der Waals surface area (Å²) < 4.78 is 13.8. The summed E-state index contributed by atoms with van der Waals surface area (Å²) in [5.74, 6) is 0.243. The summed E-state index contributed by atoms with van der Waals surface area (Å²) in [6.07, 6.45) is 0. The van der Waals surface area contributed by atoms with Crippen molar-refractivity contribution in [2.45, 2.75) is 32.7 Å². The smallest absolute Gasteiger partial charge is 0.128 e. The fourth-order valence-corrected chi connectivity index (χ4v) is 2.17. The summed E-state index contributed by atoms with van der Waals surface area (Å²) >= 11 is 0. The average molecular weight is 257 g/mol. The molecule has 2 heteroatoms. The highest BCUT2D eigenvalue weighted by atomic mass is 19.1. The molecular formula is C17H20FN. The molecule has 1 atom stereocenters. The fourth-order valence-electron chi connectivity index (χ4n) is 2.17. The van der Waals surface area contributed by atoms with Crippen LogP contribution >= 0.6 is 0 Å². The minimum atomic E-state index is -0.416. The van der Waals surface area contributed by atoms with Crippen molar-refractivity contribution in [1.29, 1.82) is 0 Å². The van der Waals surface area contributed by atoms with E-state index in [9.17, 15) is 4.39 Å². The molecule has 0 bridgehead atoms. The first-order valence-electron chi connectivity index (χ1n) is 6.60. The van der Waals surface area contributed by atoms with Gasteiger partial charge in [-0.2, -0.15) is 0 Å². The van der Waals surface area contributed by atoms with Crippen molar-refractivity contribution < 1.29 is 4.39 Å². The summed E-state index contributed by atoms with van der Waals surface area (Å²) in [5, 5.41) is 0. The summed E-state index contributed by atoms with van der Waals surface area (Å²) in [6, 6.07) is 12.7. The molecule has 2 N–H and O–H groups in total. The van der Waals surface area contributed by atoms with Crippen molar-refractivity contribution in [3.8, 4) is 0 Å². The summed E-state index contributed by atoms with van der Waals surface area (Å²) in [5.41, 5.74) is 9.95. The number of hydrogen-bond donors (Lipinski definition) is 1. The van der Waals surface area contributed by atoms with Gasteiger partial charge < -0.3 is 5.73 Å². The Morgan fingerprint density at radius 2 is 1.53 bits per heavy atom. The highest BCUT2D eigenvalue weighted by molar-refractivity contribution is 5.36. The largest absolute Gasteiger partial charge is 0.320 e. The van der Waals surface area contributed by atoms with Crippen LogP contribution in [0.2, 0.25) is 0 Å². The van der Waals surface area contributed by atoms with E-state index in [4.69, 9.17) is 5.73 Å². The zero-order valence-corrected chi connectivity index (χ0v) is 11.7. The fraction of sp³-hybridized carbons (Fsp3) is 0.294. The van der Waals surface area contributed by atoms with Crippen molar-refractivity contribution >= 4 is 0 Å². The van der Waals surface area contributed by atoms with E-state index in [-0.39, 0.29) is 5.82 Å². The van der Waals surface area contributed by atoms with E-state index in [2.05, 4.69) is 26.0 Å². The SMILES string of the molecule is Cc1ccc(F)c(C(N)c2ccc(C(C)C)cc2)c1. The minimum absolute atomic E-state index is 0.244. The topological polar surface area (TPSA) is 26.0 Å². The van der Waals surface area contributed by atoms with Gasteiger partial charge in [0.1, 0.15) is 5.82 Å². The number of aryl methyl sites for hydroxylation is 1. The van der Waals surface area contributed by atoms with Gasteiger partial charge in [-0.25, -0.2) is 4.39 Å². The molecule has 0 saturated heterocycles. The van der Waals surface area contributed by atoms with Gasteiger partial charge in [0.05, 0.1) is 6.04 Å².